The molecule has 0 amide bonds. The Morgan fingerprint density at radius 3 is 2.61 bits per heavy atom. The molecule has 1 aromatic rings. The number of para-hydroxylation sites is 1. The number of hydrogen-bond acceptors (Lipinski definition) is 4. The highest BCUT2D eigenvalue weighted by Crippen LogP contribution is 2.32. The van der Waals surface area contributed by atoms with Crippen LogP contribution in [0.5, 0.6) is 5.75 Å². The van der Waals surface area contributed by atoms with E-state index in [0.717, 1.165) is 0 Å². The summed E-state index contributed by atoms with van der Waals surface area (Å²) in [6.45, 7) is 3.66. The lowest BCUT2D eigenvalue weighted by Crippen LogP contribution is -2.34. The van der Waals surface area contributed by atoms with E-state index in [1.165, 1.54) is 0 Å². The second-order valence-electron chi connectivity index (χ2n) is 4.33. The van der Waals surface area contributed by atoms with Crippen LogP contribution in [0.15, 0.2) is 41.5 Å². The monoisotopic (exact) mass is 243 g/mol. The van der Waals surface area contributed by atoms with Crippen LogP contribution in [-0.2, 0) is 9.53 Å². The highest BCUT2D eigenvalue weighted by Gasteiger charge is 2.42. The topological polar surface area (TPSA) is 59.3 Å². The van der Waals surface area contributed by atoms with E-state index < -0.39 is 11.6 Å². The van der Waals surface area contributed by atoms with Gasteiger partial charge < -0.3 is 9.47 Å². The molecular formula is C14H13NO3. The van der Waals surface area contributed by atoms with Crippen LogP contribution < -0.4 is 4.74 Å². The van der Waals surface area contributed by atoms with Crippen molar-refractivity contribution >= 4 is 5.97 Å². The first-order chi connectivity index (χ1) is 8.57. The maximum atomic E-state index is 11.5. The largest absolute Gasteiger partial charge is 0.489 e. The van der Waals surface area contributed by atoms with Crippen LogP contribution in [0.4, 0.5) is 0 Å². The molecule has 0 aromatic heterocycles. The highest BCUT2D eigenvalue weighted by atomic mass is 16.6. The first-order valence-corrected chi connectivity index (χ1v) is 5.59. The van der Waals surface area contributed by atoms with Crippen LogP contribution in [0.1, 0.15) is 13.8 Å². The van der Waals surface area contributed by atoms with Crippen molar-refractivity contribution in [3.8, 4) is 11.8 Å². The molecule has 0 N–H and O–H groups in total. The Balaban J connectivity index is 2.13. The molecule has 0 fully saturated rings. The Morgan fingerprint density at radius 1 is 1.39 bits per heavy atom. The average Bonchev–Trinajstić information content (AvgIpc) is 2.59. The van der Waals surface area contributed by atoms with Crippen molar-refractivity contribution in [3.05, 3.63) is 41.5 Å². The minimum atomic E-state index is -0.863. The molecule has 0 saturated carbocycles. The minimum Gasteiger partial charge on any atom is -0.489 e. The van der Waals surface area contributed by atoms with E-state index in [0.29, 0.717) is 11.3 Å². The lowest BCUT2D eigenvalue weighted by atomic mass is 9.96. The number of ether oxygens (including phenoxy) is 2. The Bertz CT molecular complexity index is 542. The van der Waals surface area contributed by atoms with E-state index in [1.54, 1.807) is 13.8 Å². The van der Waals surface area contributed by atoms with Gasteiger partial charge in [-0.1, -0.05) is 18.2 Å². The lowest BCUT2D eigenvalue weighted by Gasteiger charge is -2.24. The first-order valence-electron chi connectivity index (χ1n) is 5.59. The molecule has 0 radical (unpaired) electrons. The summed E-state index contributed by atoms with van der Waals surface area (Å²) in [5.41, 5.74) is -0.169. The van der Waals surface area contributed by atoms with E-state index in [1.807, 2.05) is 36.4 Å². The Hall–Kier alpha value is -2.28. The van der Waals surface area contributed by atoms with Gasteiger partial charge in [-0.15, -0.1) is 0 Å². The fourth-order valence-corrected chi connectivity index (χ4v) is 1.75. The maximum absolute atomic E-state index is 11.5. The normalized spacial score (nSPS) is 22.6. The number of carbonyl (C=O) groups is 1. The van der Waals surface area contributed by atoms with Gasteiger partial charge in [0.15, 0.2) is 5.60 Å². The zero-order chi connectivity index (χ0) is 13.2. The average molecular weight is 243 g/mol. The predicted molar refractivity (Wildman–Crippen MR) is 64.7 cm³/mol. The molecule has 0 spiro atoms. The standard InChI is InChI=1S/C14H13NO3/c1-10-12(8-15)13(16)18-14(10,2)9-17-11-6-4-3-5-7-11/h3-7H,9H2,1-2H3. The number of nitrogens with zero attached hydrogens (tertiary/aromatic N) is 1. The number of cyclic esters (lactones) is 1. The van der Waals surface area contributed by atoms with Gasteiger partial charge in [-0.3, -0.25) is 0 Å². The maximum Gasteiger partial charge on any atom is 0.349 e. The van der Waals surface area contributed by atoms with Crippen molar-refractivity contribution < 1.29 is 14.3 Å². The van der Waals surface area contributed by atoms with Crippen LogP contribution in [0.25, 0.3) is 0 Å². The summed E-state index contributed by atoms with van der Waals surface area (Å²) in [5, 5.41) is 8.87. The molecule has 92 valence electrons. The highest BCUT2D eigenvalue weighted by molar-refractivity contribution is 5.96. The third-order valence-corrected chi connectivity index (χ3v) is 3.06. The molecular weight excluding hydrogens is 230 g/mol. The molecule has 1 heterocycles. The molecule has 18 heavy (non-hydrogen) atoms. The SMILES string of the molecule is CC1=C(C#N)C(=O)OC1(C)COc1ccccc1. The number of carbonyl (C=O) groups excluding carboxylic acids is 1. The molecule has 2 rings (SSSR count). The summed E-state index contributed by atoms with van der Waals surface area (Å²) < 4.78 is 10.8. The Labute approximate surface area is 105 Å². The number of rotatable bonds is 3. The third-order valence-electron chi connectivity index (χ3n) is 3.06. The van der Waals surface area contributed by atoms with Crippen LogP contribution in [0, 0.1) is 11.3 Å². The van der Waals surface area contributed by atoms with Gasteiger partial charge in [0, 0.05) is 0 Å². The van der Waals surface area contributed by atoms with Crippen molar-refractivity contribution in [1.29, 1.82) is 5.26 Å². The first kappa shape index (κ1) is 12.2. The van der Waals surface area contributed by atoms with Gasteiger partial charge in [0.25, 0.3) is 0 Å². The van der Waals surface area contributed by atoms with E-state index in [4.69, 9.17) is 14.7 Å². The van der Waals surface area contributed by atoms with Crippen LogP contribution in [0.3, 0.4) is 0 Å². The Kier molecular flexibility index (Phi) is 3.07. The second-order valence-corrected chi connectivity index (χ2v) is 4.33. The number of benzene rings is 1. The fraction of sp³-hybridized carbons (Fsp3) is 0.286. The minimum absolute atomic E-state index is 0.0779. The summed E-state index contributed by atoms with van der Waals surface area (Å²) in [4.78, 5) is 11.5. The molecule has 4 nitrogen and oxygen atoms in total. The van der Waals surface area contributed by atoms with Crippen LogP contribution in [-0.4, -0.2) is 18.2 Å². The van der Waals surface area contributed by atoms with Crippen LogP contribution >= 0.6 is 0 Å². The van der Waals surface area contributed by atoms with Crippen molar-refractivity contribution in [2.45, 2.75) is 19.4 Å². The van der Waals surface area contributed by atoms with Crippen molar-refractivity contribution in [2.24, 2.45) is 0 Å². The van der Waals surface area contributed by atoms with Gasteiger partial charge in [-0.05, 0) is 31.6 Å². The summed E-state index contributed by atoms with van der Waals surface area (Å²) in [6, 6.07) is 11.1. The zero-order valence-corrected chi connectivity index (χ0v) is 10.3. The van der Waals surface area contributed by atoms with E-state index in [-0.39, 0.29) is 12.2 Å². The quantitative estimate of drug-likeness (QED) is 0.764. The molecule has 1 aliphatic heterocycles. The fourth-order valence-electron chi connectivity index (χ4n) is 1.75. The molecule has 1 atom stereocenters. The third kappa shape index (κ3) is 2.07. The molecule has 1 aromatic carbocycles. The number of hydrogen-bond donors (Lipinski definition) is 0. The Morgan fingerprint density at radius 2 is 2.06 bits per heavy atom. The molecule has 0 bridgehead atoms. The van der Waals surface area contributed by atoms with Crippen molar-refractivity contribution in [1.82, 2.24) is 0 Å². The summed E-state index contributed by atoms with van der Waals surface area (Å²) in [7, 11) is 0. The summed E-state index contributed by atoms with van der Waals surface area (Å²) >= 11 is 0. The van der Waals surface area contributed by atoms with Gasteiger partial charge in [-0.25, -0.2) is 4.79 Å². The van der Waals surface area contributed by atoms with E-state index >= 15 is 0 Å². The van der Waals surface area contributed by atoms with E-state index in [9.17, 15) is 4.79 Å². The second kappa shape index (κ2) is 4.53. The van der Waals surface area contributed by atoms with Crippen molar-refractivity contribution in [2.75, 3.05) is 6.61 Å². The summed E-state index contributed by atoms with van der Waals surface area (Å²) in [5.74, 6) is 0.127. The smallest absolute Gasteiger partial charge is 0.349 e. The number of esters is 1. The van der Waals surface area contributed by atoms with Gasteiger partial charge in [-0.2, -0.15) is 5.26 Å². The molecule has 1 unspecified atom stereocenters. The molecule has 0 aliphatic carbocycles. The summed E-state index contributed by atoms with van der Waals surface area (Å²) in [6.07, 6.45) is 0. The van der Waals surface area contributed by atoms with Gasteiger partial charge in [0.1, 0.15) is 24.0 Å². The van der Waals surface area contributed by atoms with Crippen molar-refractivity contribution in [3.63, 3.8) is 0 Å². The molecule has 1 aliphatic rings. The van der Waals surface area contributed by atoms with E-state index in [2.05, 4.69) is 0 Å². The predicted octanol–water partition coefficient (Wildman–Crippen LogP) is 2.22. The number of nitriles is 1. The lowest BCUT2D eigenvalue weighted by molar-refractivity contribution is -0.147. The zero-order valence-electron chi connectivity index (χ0n) is 10.3. The molecule has 0 saturated heterocycles. The van der Waals surface area contributed by atoms with Gasteiger partial charge in [0.05, 0.1) is 0 Å². The van der Waals surface area contributed by atoms with Gasteiger partial charge in [0.2, 0.25) is 0 Å². The van der Waals surface area contributed by atoms with Crippen LogP contribution in [0.2, 0.25) is 0 Å². The van der Waals surface area contributed by atoms with Gasteiger partial charge >= 0.3 is 5.97 Å². The molecule has 4 heteroatoms.